The molecule has 0 amide bonds. The molecule has 0 aliphatic carbocycles. The van der Waals surface area contributed by atoms with Crippen molar-refractivity contribution >= 4 is 32.3 Å². The SMILES string of the molecule is c1cc2c[nH+]cc3ccc4cncc1c4c23. The lowest BCUT2D eigenvalue weighted by molar-refractivity contribution is -0.374. The predicted octanol–water partition coefficient (Wildman–Crippen LogP) is 2.79. The summed E-state index contributed by atoms with van der Waals surface area (Å²) in [6, 6.07) is 8.54. The van der Waals surface area contributed by atoms with Crippen molar-refractivity contribution in [3.05, 3.63) is 49.1 Å². The van der Waals surface area contributed by atoms with Crippen molar-refractivity contribution in [1.29, 1.82) is 0 Å². The molecular weight excluding hydrogens is 196 g/mol. The van der Waals surface area contributed by atoms with Crippen molar-refractivity contribution < 1.29 is 4.98 Å². The summed E-state index contributed by atoms with van der Waals surface area (Å²) in [5.74, 6) is 0. The Labute approximate surface area is 91.9 Å². The Balaban J connectivity index is 2.51. The molecular formula is C14H9N2+. The van der Waals surface area contributed by atoms with Gasteiger partial charge >= 0.3 is 0 Å². The maximum Gasteiger partial charge on any atom is 0.174 e. The number of rotatable bonds is 0. The zero-order chi connectivity index (χ0) is 10.5. The van der Waals surface area contributed by atoms with Gasteiger partial charge in [0.15, 0.2) is 12.4 Å². The number of H-pyrrole nitrogens is 1. The van der Waals surface area contributed by atoms with Crippen LogP contribution in [-0.2, 0) is 0 Å². The van der Waals surface area contributed by atoms with Crippen molar-refractivity contribution in [1.82, 2.24) is 4.98 Å². The molecule has 4 aromatic rings. The molecule has 0 aliphatic heterocycles. The molecule has 2 aromatic carbocycles. The maximum absolute atomic E-state index is 4.26. The van der Waals surface area contributed by atoms with Crippen molar-refractivity contribution in [3.8, 4) is 0 Å². The average molecular weight is 205 g/mol. The lowest BCUT2D eigenvalue weighted by atomic mass is 9.98. The monoisotopic (exact) mass is 205 g/mol. The number of hydrogen-bond acceptors (Lipinski definition) is 1. The molecule has 0 saturated heterocycles. The fraction of sp³-hybridized carbons (Fsp3) is 0. The highest BCUT2D eigenvalue weighted by atomic mass is 14.6. The quantitative estimate of drug-likeness (QED) is 0.405. The second-order valence-corrected chi connectivity index (χ2v) is 4.10. The van der Waals surface area contributed by atoms with Crippen LogP contribution in [0.2, 0.25) is 0 Å². The van der Waals surface area contributed by atoms with Crippen LogP contribution in [0.15, 0.2) is 49.1 Å². The Morgan fingerprint density at radius 3 is 1.81 bits per heavy atom. The lowest BCUT2D eigenvalue weighted by Gasteiger charge is -2.06. The Morgan fingerprint density at radius 2 is 1.19 bits per heavy atom. The third-order valence-electron chi connectivity index (χ3n) is 3.19. The van der Waals surface area contributed by atoms with Gasteiger partial charge in [0.25, 0.3) is 0 Å². The minimum atomic E-state index is 1.21. The van der Waals surface area contributed by atoms with Crippen LogP contribution in [0, 0.1) is 0 Å². The topological polar surface area (TPSA) is 27.0 Å². The molecule has 0 unspecified atom stereocenters. The lowest BCUT2D eigenvalue weighted by Crippen LogP contribution is -1.99. The van der Waals surface area contributed by atoms with Crippen molar-refractivity contribution in [2.75, 3.05) is 0 Å². The largest absolute Gasteiger partial charge is 0.263 e. The van der Waals surface area contributed by atoms with Crippen molar-refractivity contribution in [2.24, 2.45) is 0 Å². The molecule has 0 radical (unpaired) electrons. The van der Waals surface area contributed by atoms with Crippen molar-refractivity contribution in [2.45, 2.75) is 0 Å². The van der Waals surface area contributed by atoms with Crippen LogP contribution in [0.25, 0.3) is 32.3 Å². The summed E-state index contributed by atoms with van der Waals surface area (Å²) < 4.78 is 0. The van der Waals surface area contributed by atoms with Crippen LogP contribution in [0.5, 0.6) is 0 Å². The Bertz CT molecular complexity index is 675. The minimum Gasteiger partial charge on any atom is -0.263 e. The first-order valence-corrected chi connectivity index (χ1v) is 5.32. The summed E-state index contributed by atoms with van der Waals surface area (Å²) in [7, 11) is 0. The van der Waals surface area contributed by atoms with Crippen LogP contribution in [0.1, 0.15) is 0 Å². The predicted molar refractivity (Wildman–Crippen MR) is 64.5 cm³/mol. The fourth-order valence-corrected chi connectivity index (χ4v) is 2.48. The normalized spacial score (nSPS) is 11.8. The van der Waals surface area contributed by atoms with E-state index in [0.717, 1.165) is 0 Å². The second-order valence-electron chi connectivity index (χ2n) is 4.10. The summed E-state index contributed by atoms with van der Waals surface area (Å²) in [5, 5.41) is 7.57. The number of pyridine rings is 2. The summed E-state index contributed by atoms with van der Waals surface area (Å²) in [6.45, 7) is 0. The van der Waals surface area contributed by atoms with Crippen LogP contribution in [0.3, 0.4) is 0 Å². The van der Waals surface area contributed by atoms with Crippen LogP contribution >= 0.6 is 0 Å². The Kier molecular flexibility index (Phi) is 1.33. The summed E-state index contributed by atoms with van der Waals surface area (Å²) in [5.41, 5.74) is 0. The van der Waals surface area contributed by atoms with Gasteiger partial charge in [-0.15, -0.1) is 0 Å². The van der Waals surface area contributed by atoms with Gasteiger partial charge in [-0.1, -0.05) is 12.1 Å². The highest BCUT2D eigenvalue weighted by Crippen LogP contribution is 2.32. The molecule has 2 aromatic heterocycles. The van der Waals surface area contributed by atoms with E-state index in [1.54, 1.807) is 0 Å². The molecule has 0 bridgehead atoms. The minimum absolute atomic E-state index is 1.21. The van der Waals surface area contributed by atoms with Crippen LogP contribution < -0.4 is 4.98 Å². The number of nitrogens with zero attached hydrogens (tertiary/aromatic N) is 1. The standard InChI is InChI=1S/C14H8N2/c1-2-10-6-16-8-12-4-3-11-7-15-5-9(1)13(11)14(10)12/h1-8H/p+1. The molecule has 0 saturated carbocycles. The molecule has 0 atom stereocenters. The Morgan fingerprint density at radius 1 is 0.688 bits per heavy atom. The fourth-order valence-electron chi connectivity index (χ4n) is 2.48. The van der Waals surface area contributed by atoms with E-state index < -0.39 is 0 Å². The van der Waals surface area contributed by atoms with E-state index in [9.17, 15) is 0 Å². The van der Waals surface area contributed by atoms with E-state index in [1.807, 2.05) is 24.8 Å². The zero-order valence-corrected chi connectivity index (χ0v) is 8.57. The molecule has 16 heavy (non-hydrogen) atoms. The number of aromatic amines is 1. The first-order valence-electron chi connectivity index (χ1n) is 5.32. The van der Waals surface area contributed by atoms with Gasteiger partial charge in [-0.2, -0.15) is 0 Å². The van der Waals surface area contributed by atoms with Gasteiger partial charge in [-0.25, -0.2) is 4.98 Å². The number of hydrogen-bond donors (Lipinski definition) is 0. The van der Waals surface area contributed by atoms with E-state index in [4.69, 9.17) is 0 Å². The highest BCUT2D eigenvalue weighted by molar-refractivity contribution is 6.21. The number of aromatic nitrogens is 2. The smallest absolute Gasteiger partial charge is 0.174 e. The molecule has 1 N–H and O–H groups in total. The molecule has 2 heterocycles. The summed E-state index contributed by atoms with van der Waals surface area (Å²) >= 11 is 0. The van der Waals surface area contributed by atoms with Gasteiger partial charge in [0.2, 0.25) is 0 Å². The van der Waals surface area contributed by atoms with E-state index in [1.165, 1.54) is 32.3 Å². The van der Waals surface area contributed by atoms with Gasteiger partial charge in [0.1, 0.15) is 0 Å². The van der Waals surface area contributed by atoms with Crippen molar-refractivity contribution in [3.63, 3.8) is 0 Å². The van der Waals surface area contributed by atoms with Gasteiger partial charge in [-0.05, 0) is 12.1 Å². The summed E-state index contributed by atoms with van der Waals surface area (Å²) in [6.07, 6.45) is 7.94. The van der Waals surface area contributed by atoms with E-state index in [-0.39, 0.29) is 0 Å². The average Bonchev–Trinajstić information content (AvgIpc) is 2.36. The second kappa shape index (κ2) is 2.67. The molecule has 2 heteroatoms. The molecule has 0 aliphatic rings. The van der Waals surface area contributed by atoms with Gasteiger partial charge < -0.3 is 0 Å². The molecule has 74 valence electrons. The van der Waals surface area contributed by atoms with Gasteiger partial charge in [-0.3, -0.25) is 4.98 Å². The molecule has 0 spiro atoms. The number of benzene rings is 2. The molecule has 2 nitrogen and oxygen atoms in total. The molecule has 0 fully saturated rings. The van der Waals surface area contributed by atoms with Crippen LogP contribution in [-0.4, -0.2) is 4.98 Å². The first kappa shape index (κ1) is 7.99. The van der Waals surface area contributed by atoms with Gasteiger partial charge in [0, 0.05) is 44.7 Å². The third kappa shape index (κ3) is 0.865. The first-order chi connectivity index (χ1) is 7.93. The Hall–Kier alpha value is -2.22. The third-order valence-corrected chi connectivity index (χ3v) is 3.19. The van der Waals surface area contributed by atoms with E-state index >= 15 is 0 Å². The summed E-state index contributed by atoms with van der Waals surface area (Å²) in [4.78, 5) is 7.44. The van der Waals surface area contributed by atoms with E-state index in [0.29, 0.717) is 0 Å². The van der Waals surface area contributed by atoms with Gasteiger partial charge in [0.05, 0.1) is 0 Å². The van der Waals surface area contributed by atoms with Crippen LogP contribution in [0.4, 0.5) is 0 Å². The van der Waals surface area contributed by atoms with E-state index in [2.05, 4.69) is 34.2 Å². The zero-order valence-electron chi connectivity index (χ0n) is 8.57. The number of nitrogens with one attached hydrogen (secondary N) is 1. The molecule has 4 rings (SSSR count). The maximum atomic E-state index is 4.26. The highest BCUT2D eigenvalue weighted by Gasteiger charge is 2.09.